The van der Waals surface area contributed by atoms with Crippen molar-refractivity contribution in [3.05, 3.63) is 0 Å². The molecule has 0 radical (unpaired) electrons. The Morgan fingerprint density at radius 2 is 1.82 bits per heavy atom. The molecule has 4 nitrogen and oxygen atoms in total. The maximum absolute atomic E-state index is 11.9. The molecule has 0 aromatic rings. The number of carbonyl (C=O) groups excluding carboxylic acids is 2. The fraction of sp³-hybridized carbons (Fsp3) is 0.846. The zero-order valence-corrected chi connectivity index (χ0v) is 11.2. The molecule has 98 valence electrons. The third-order valence-corrected chi connectivity index (χ3v) is 3.31. The molecule has 0 aromatic heterocycles. The van der Waals surface area contributed by atoms with Crippen LogP contribution in [0.4, 0.5) is 0 Å². The molecule has 17 heavy (non-hydrogen) atoms. The molecule has 0 aromatic carbocycles. The van der Waals surface area contributed by atoms with Crippen molar-refractivity contribution < 1.29 is 9.59 Å². The van der Waals surface area contributed by atoms with Gasteiger partial charge in [-0.3, -0.25) is 9.59 Å². The summed E-state index contributed by atoms with van der Waals surface area (Å²) in [5.74, 6) is -0.490. The van der Waals surface area contributed by atoms with E-state index in [1.165, 1.54) is 6.42 Å². The number of amides is 2. The van der Waals surface area contributed by atoms with E-state index in [2.05, 4.69) is 5.32 Å². The van der Waals surface area contributed by atoms with Crippen molar-refractivity contribution in [3.63, 3.8) is 0 Å². The van der Waals surface area contributed by atoms with Gasteiger partial charge in [0, 0.05) is 19.6 Å². The zero-order chi connectivity index (χ0) is 12.8. The Balaban J connectivity index is 2.41. The minimum absolute atomic E-state index is 0.251. The molecule has 1 aliphatic rings. The third kappa shape index (κ3) is 4.36. The Morgan fingerprint density at radius 1 is 1.24 bits per heavy atom. The van der Waals surface area contributed by atoms with Gasteiger partial charge in [0.15, 0.2) is 0 Å². The predicted octanol–water partition coefficient (Wildman–Crippen LogP) is 1.55. The third-order valence-electron chi connectivity index (χ3n) is 3.31. The molecule has 1 saturated carbocycles. The first-order valence-corrected chi connectivity index (χ1v) is 6.57. The summed E-state index contributed by atoms with van der Waals surface area (Å²) in [5.41, 5.74) is 0. The first-order valence-electron chi connectivity index (χ1n) is 6.57. The molecule has 1 fully saturated rings. The number of carbonyl (C=O) groups is 2. The first kappa shape index (κ1) is 14.0. The lowest BCUT2D eigenvalue weighted by atomic mass is 9.94. The summed E-state index contributed by atoms with van der Waals surface area (Å²) >= 11 is 0. The highest BCUT2D eigenvalue weighted by Crippen LogP contribution is 2.21. The van der Waals surface area contributed by atoms with Crippen molar-refractivity contribution in [1.29, 1.82) is 0 Å². The van der Waals surface area contributed by atoms with Gasteiger partial charge in [-0.25, -0.2) is 0 Å². The molecule has 0 bridgehead atoms. The maximum Gasteiger partial charge on any atom is 0.311 e. The summed E-state index contributed by atoms with van der Waals surface area (Å²) in [6, 6.07) is 0.251. The van der Waals surface area contributed by atoms with Crippen LogP contribution in [0.25, 0.3) is 0 Å². The van der Waals surface area contributed by atoms with Crippen LogP contribution in [0.1, 0.15) is 46.0 Å². The SMILES string of the molecule is CC(C)CNC(=O)C(=O)N(C)C1CCCCC1. The van der Waals surface area contributed by atoms with Gasteiger partial charge in [0.1, 0.15) is 0 Å². The molecule has 0 saturated heterocycles. The molecule has 1 N–H and O–H groups in total. The molecule has 0 heterocycles. The normalized spacial score (nSPS) is 16.9. The molecule has 0 spiro atoms. The standard InChI is InChI=1S/C13H24N2O2/c1-10(2)9-14-12(16)13(17)15(3)11-7-5-4-6-8-11/h10-11H,4-9H2,1-3H3,(H,14,16). The van der Waals surface area contributed by atoms with Crippen LogP contribution in [0.2, 0.25) is 0 Å². The highest BCUT2D eigenvalue weighted by Gasteiger charge is 2.26. The fourth-order valence-electron chi connectivity index (χ4n) is 2.17. The van der Waals surface area contributed by atoms with Gasteiger partial charge in [0.05, 0.1) is 0 Å². The Kier molecular flexibility index (Phi) is 5.45. The molecule has 0 atom stereocenters. The van der Waals surface area contributed by atoms with Crippen LogP contribution in [0.15, 0.2) is 0 Å². The van der Waals surface area contributed by atoms with Gasteiger partial charge >= 0.3 is 11.8 Å². The molecule has 4 heteroatoms. The lowest BCUT2D eigenvalue weighted by molar-refractivity contribution is -0.146. The average molecular weight is 240 g/mol. The van der Waals surface area contributed by atoms with Gasteiger partial charge < -0.3 is 10.2 Å². The zero-order valence-electron chi connectivity index (χ0n) is 11.2. The van der Waals surface area contributed by atoms with Gasteiger partial charge in [-0.1, -0.05) is 33.1 Å². The average Bonchev–Trinajstić information content (AvgIpc) is 2.35. The van der Waals surface area contributed by atoms with Crippen LogP contribution in [-0.2, 0) is 9.59 Å². The molecule has 0 aliphatic heterocycles. The fourth-order valence-corrected chi connectivity index (χ4v) is 2.17. The van der Waals surface area contributed by atoms with Gasteiger partial charge in [0.2, 0.25) is 0 Å². The lowest BCUT2D eigenvalue weighted by Gasteiger charge is -2.30. The largest absolute Gasteiger partial charge is 0.348 e. The van der Waals surface area contributed by atoms with Crippen molar-refractivity contribution in [2.75, 3.05) is 13.6 Å². The van der Waals surface area contributed by atoms with Crippen LogP contribution in [0.5, 0.6) is 0 Å². The summed E-state index contributed by atoms with van der Waals surface area (Å²) in [6.45, 7) is 4.58. The van der Waals surface area contributed by atoms with E-state index >= 15 is 0 Å². The monoisotopic (exact) mass is 240 g/mol. The number of likely N-dealkylation sites (N-methyl/N-ethyl adjacent to an activating group) is 1. The van der Waals surface area contributed by atoms with Crippen LogP contribution < -0.4 is 5.32 Å². The van der Waals surface area contributed by atoms with E-state index in [0.717, 1.165) is 25.7 Å². The van der Waals surface area contributed by atoms with Crippen molar-refractivity contribution in [2.45, 2.75) is 52.0 Å². The molecule has 0 unspecified atom stereocenters. The highest BCUT2D eigenvalue weighted by molar-refractivity contribution is 6.35. The first-order chi connectivity index (χ1) is 8.02. The number of nitrogens with zero attached hydrogens (tertiary/aromatic N) is 1. The topological polar surface area (TPSA) is 49.4 Å². The minimum atomic E-state index is -0.466. The summed E-state index contributed by atoms with van der Waals surface area (Å²) < 4.78 is 0. The summed E-state index contributed by atoms with van der Waals surface area (Å²) in [6.07, 6.45) is 5.63. The lowest BCUT2D eigenvalue weighted by Crippen LogP contribution is -2.47. The minimum Gasteiger partial charge on any atom is -0.348 e. The number of nitrogens with one attached hydrogen (secondary N) is 1. The maximum atomic E-state index is 11.9. The number of hydrogen-bond donors (Lipinski definition) is 1. The number of hydrogen-bond acceptors (Lipinski definition) is 2. The summed E-state index contributed by atoms with van der Waals surface area (Å²) in [4.78, 5) is 25.1. The predicted molar refractivity (Wildman–Crippen MR) is 67.5 cm³/mol. The van der Waals surface area contributed by atoms with Crippen molar-refractivity contribution in [1.82, 2.24) is 10.2 Å². The highest BCUT2D eigenvalue weighted by atomic mass is 16.2. The second kappa shape index (κ2) is 6.62. The van der Waals surface area contributed by atoms with Gasteiger partial charge in [-0.05, 0) is 18.8 Å². The van der Waals surface area contributed by atoms with Gasteiger partial charge in [0.25, 0.3) is 0 Å². The van der Waals surface area contributed by atoms with Crippen molar-refractivity contribution >= 4 is 11.8 Å². The van der Waals surface area contributed by atoms with Crippen LogP contribution in [0.3, 0.4) is 0 Å². The molecule has 2 amide bonds. The number of rotatable bonds is 3. The second-order valence-electron chi connectivity index (χ2n) is 5.31. The van der Waals surface area contributed by atoms with E-state index in [9.17, 15) is 9.59 Å². The molecule has 1 aliphatic carbocycles. The van der Waals surface area contributed by atoms with E-state index in [-0.39, 0.29) is 6.04 Å². The van der Waals surface area contributed by atoms with Gasteiger partial charge in [-0.15, -0.1) is 0 Å². The Bertz CT molecular complexity index is 271. The summed E-state index contributed by atoms with van der Waals surface area (Å²) in [7, 11) is 1.74. The van der Waals surface area contributed by atoms with Gasteiger partial charge in [-0.2, -0.15) is 0 Å². The smallest absolute Gasteiger partial charge is 0.311 e. The quantitative estimate of drug-likeness (QED) is 0.761. The van der Waals surface area contributed by atoms with E-state index < -0.39 is 11.8 Å². The van der Waals surface area contributed by atoms with Crippen LogP contribution in [0, 0.1) is 5.92 Å². The molecular weight excluding hydrogens is 216 g/mol. The van der Waals surface area contributed by atoms with Crippen LogP contribution in [-0.4, -0.2) is 36.3 Å². The Morgan fingerprint density at radius 3 is 2.35 bits per heavy atom. The second-order valence-corrected chi connectivity index (χ2v) is 5.31. The molecule has 1 rings (SSSR count). The van der Waals surface area contributed by atoms with E-state index in [0.29, 0.717) is 12.5 Å². The van der Waals surface area contributed by atoms with Crippen LogP contribution >= 0.6 is 0 Å². The Hall–Kier alpha value is -1.06. The Labute approximate surface area is 104 Å². The molecular formula is C13H24N2O2. The van der Waals surface area contributed by atoms with E-state index in [1.54, 1.807) is 11.9 Å². The van der Waals surface area contributed by atoms with Crippen molar-refractivity contribution in [2.24, 2.45) is 5.92 Å². The van der Waals surface area contributed by atoms with E-state index in [1.807, 2.05) is 13.8 Å². The summed E-state index contributed by atoms with van der Waals surface area (Å²) in [5, 5.41) is 2.67. The van der Waals surface area contributed by atoms with E-state index in [4.69, 9.17) is 0 Å². The van der Waals surface area contributed by atoms with Crippen molar-refractivity contribution in [3.8, 4) is 0 Å².